The molecule has 0 unspecified atom stereocenters. The fraction of sp³-hybridized carbons (Fsp3) is 0.105. The number of benzene rings is 2. The molecule has 0 spiro atoms. The first kappa shape index (κ1) is 16.4. The zero-order valence-electron chi connectivity index (χ0n) is 13.4. The molecule has 1 aromatic heterocycles. The van der Waals surface area contributed by atoms with E-state index in [0.29, 0.717) is 17.7 Å². The summed E-state index contributed by atoms with van der Waals surface area (Å²) in [7, 11) is 0. The lowest BCUT2D eigenvalue weighted by Gasteiger charge is -2.07. The molecule has 126 valence electrons. The highest BCUT2D eigenvalue weighted by atomic mass is 16.4. The predicted octanol–water partition coefficient (Wildman–Crippen LogP) is 2.90. The summed E-state index contributed by atoms with van der Waals surface area (Å²) in [6.45, 7) is 0.523. The lowest BCUT2D eigenvalue weighted by Crippen LogP contribution is -2.26. The van der Waals surface area contributed by atoms with Crippen LogP contribution in [0.3, 0.4) is 0 Å². The third-order valence-corrected chi connectivity index (χ3v) is 3.58. The minimum absolute atomic E-state index is 0.114. The van der Waals surface area contributed by atoms with Crippen LogP contribution in [0.1, 0.15) is 26.3 Å². The van der Waals surface area contributed by atoms with E-state index in [1.165, 1.54) is 18.5 Å². The molecule has 0 bridgehead atoms. The zero-order valence-corrected chi connectivity index (χ0v) is 13.4. The zero-order chi connectivity index (χ0) is 17.5. The molecular formula is C19H17N3O3. The summed E-state index contributed by atoms with van der Waals surface area (Å²) in [5.41, 5.74) is 1.93. The van der Waals surface area contributed by atoms with Crippen LogP contribution in [0.5, 0.6) is 0 Å². The van der Waals surface area contributed by atoms with Gasteiger partial charge in [-0.2, -0.15) is 0 Å². The Kier molecular flexibility index (Phi) is 5.21. The maximum atomic E-state index is 12.3. The van der Waals surface area contributed by atoms with Crippen molar-refractivity contribution in [3.63, 3.8) is 0 Å². The van der Waals surface area contributed by atoms with Gasteiger partial charge in [0.25, 0.3) is 11.8 Å². The van der Waals surface area contributed by atoms with E-state index in [2.05, 4.69) is 15.6 Å². The van der Waals surface area contributed by atoms with Crippen molar-refractivity contribution in [2.75, 3.05) is 11.9 Å². The quantitative estimate of drug-likeness (QED) is 0.725. The van der Waals surface area contributed by atoms with E-state index in [1.54, 1.807) is 18.2 Å². The monoisotopic (exact) mass is 335 g/mol. The number of oxazole rings is 1. The molecule has 2 N–H and O–H groups in total. The van der Waals surface area contributed by atoms with Gasteiger partial charge in [-0.1, -0.05) is 36.4 Å². The molecule has 0 radical (unpaired) electrons. The second-order valence-corrected chi connectivity index (χ2v) is 5.36. The van der Waals surface area contributed by atoms with Crippen LogP contribution in [-0.2, 0) is 6.42 Å². The third kappa shape index (κ3) is 4.54. The second-order valence-electron chi connectivity index (χ2n) is 5.36. The van der Waals surface area contributed by atoms with Gasteiger partial charge in [-0.05, 0) is 30.2 Å². The fourth-order valence-electron chi connectivity index (χ4n) is 2.32. The number of hydrogen-bond acceptors (Lipinski definition) is 4. The van der Waals surface area contributed by atoms with E-state index >= 15 is 0 Å². The first-order valence-electron chi connectivity index (χ1n) is 7.85. The van der Waals surface area contributed by atoms with E-state index in [4.69, 9.17) is 4.42 Å². The first-order valence-corrected chi connectivity index (χ1v) is 7.85. The molecule has 0 saturated heterocycles. The highest BCUT2D eigenvalue weighted by Gasteiger charge is 2.12. The third-order valence-electron chi connectivity index (χ3n) is 3.58. The number of carbonyl (C=O) groups is 2. The van der Waals surface area contributed by atoms with Gasteiger partial charge in [0.1, 0.15) is 6.26 Å². The van der Waals surface area contributed by atoms with Crippen molar-refractivity contribution >= 4 is 17.8 Å². The topological polar surface area (TPSA) is 84.2 Å². The normalized spacial score (nSPS) is 10.2. The number of rotatable bonds is 6. The van der Waals surface area contributed by atoms with Crippen molar-refractivity contribution in [3.8, 4) is 0 Å². The van der Waals surface area contributed by atoms with E-state index in [9.17, 15) is 9.59 Å². The maximum Gasteiger partial charge on any atom is 0.301 e. The average molecular weight is 335 g/mol. The second kappa shape index (κ2) is 7.92. The number of amides is 2. The maximum absolute atomic E-state index is 12.3. The van der Waals surface area contributed by atoms with Gasteiger partial charge in [0, 0.05) is 17.7 Å². The van der Waals surface area contributed by atoms with Crippen LogP contribution < -0.4 is 10.6 Å². The lowest BCUT2D eigenvalue weighted by atomic mass is 10.1. The fourth-order valence-corrected chi connectivity index (χ4v) is 2.32. The van der Waals surface area contributed by atoms with Crippen molar-refractivity contribution in [1.29, 1.82) is 0 Å². The summed E-state index contributed by atoms with van der Waals surface area (Å²) in [6, 6.07) is 16.5. The molecular weight excluding hydrogens is 318 g/mol. The average Bonchev–Trinajstić information content (AvgIpc) is 3.15. The van der Waals surface area contributed by atoms with Gasteiger partial charge in [0.15, 0.2) is 0 Å². The minimum atomic E-state index is -0.388. The van der Waals surface area contributed by atoms with Crippen LogP contribution in [0.25, 0.3) is 0 Å². The van der Waals surface area contributed by atoms with E-state index in [0.717, 1.165) is 12.0 Å². The Morgan fingerprint density at radius 3 is 2.44 bits per heavy atom. The van der Waals surface area contributed by atoms with Crippen LogP contribution in [0.4, 0.5) is 6.01 Å². The summed E-state index contributed by atoms with van der Waals surface area (Å²) in [5, 5.41) is 5.38. The van der Waals surface area contributed by atoms with Gasteiger partial charge >= 0.3 is 6.01 Å². The van der Waals surface area contributed by atoms with Gasteiger partial charge in [-0.3, -0.25) is 14.9 Å². The highest BCUT2D eigenvalue weighted by molar-refractivity contribution is 6.05. The molecule has 2 aromatic carbocycles. The van der Waals surface area contributed by atoms with Gasteiger partial charge in [0.2, 0.25) is 0 Å². The van der Waals surface area contributed by atoms with E-state index in [-0.39, 0.29) is 17.8 Å². The van der Waals surface area contributed by atoms with Crippen LogP contribution in [0.2, 0.25) is 0 Å². The lowest BCUT2D eigenvalue weighted by molar-refractivity contribution is 0.0954. The number of anilines is 1. The molecule has 0 aliphatic heterocycles. The van der Waals surface area contributed by atoms with Crippen LogP contribution >= 0.6 is 0 Å². The van der Waals surface area contributed by atoms with E-state index in [1.807, 2.05) is 30.3 Å². The van der Waals surface area contributed by atoms with Crippen molar-refractivity contribution in [3.05, 3.63) is 83.7 Å². The molecule has 0 saturated carbocycles. The van der Waals surface area contributed by atoms with Crippen LogP contribution in [-0.4, -0.2) is 23.3 Å². The number of nitrogens with zero attached hydrogens (tertiary/aromatic N) is 1. The molecule has 2 amide bonds. The van der Waals surface area contributed by atoms with Gasteiger partial charge in [-0.25, -0.2) is 4.98 Å². The highest BCUT2D eigenvalue weighted by Crippen LogP contribution is 2.09. The smallest absolute Gasteiger partial charge is 0.301 e. The number of aromatic nitrogens is 1. The Labute approximate surface area is 144 Å². The van der Waals surface area contributed by atoms with Crippen molar-refractivity contribution in [2.45, 2.75) is 6.42 Å². The summed E-state index contributed by atoms with van der Waals surface area (Å²) >= 11 is 0. The molecule has 0 atom stereocenters. The molecule has 6 heteroatoms. The van der Waals surface area contributed by atoms with Gasteiger partial charge in [-0.15, -0.1) is 0 Å². The van der Waals surface area contributed by atoms with Gasteiger partial charge < -0.3 is 9.73 Å². The molecule has 1 heterocycles. The molecule has 0 aliphatic rings. The predicted molar refractivity (Wildman–Crippen MR) is 93.4 cm³/mol. The summed E-state index contributed by atoms with van der Waals surface area (Å²) in [4.78, 5) is 28.2. The molecule has 3 aromatic rings. The molecule has 0 aliphatic carbocycles. The van der Waals surface area contributed by atoms with Gasteiger partial charge in [0.05, 0.1) is 6.20 Å². The minimum Gasteiger partial charge on any atom is -0.432 e. The Morgan fingerprint density at radius 2 is 1.72 bits per heavy atom. The van der Waals surface area contributed by atoms with Crippen molar-refractivity contribution < 1.29 is 14.0 Å². The standard InChI is InChI=1S/C19H17N3O3/c23-17(20-10-9-14-5-2-1-3-6-14)15-7-4-8-16(13-15)18(24)22-19-21-11-12-25-19/h1-8,11-13H,9-10H2,(H,20,23)(H,21,22,24). The number of carbonyl (C=O) groups excluding carboxylic acids is 2. The van der Waals surface area contributed by atoms with E-state index < -0.39 is 0 Å². The van der Waals surface area contributed by atoms with Crippen molar-refractivity contribution in [1.82, 2.24) is 10.3 Å². The Hall–Kier alpha value is -3.41. The Bertz CT molecular complexity index is 845. The van der Waals surface area contributed by atoms with Crippen LogP contribution in [0.15, 0.2) is 71.5 Å². The van der Waals surface area contributed by atoms with Crippen LogP contribution in [0, 0.1) is 0 Å². The molecule has 6 nitrogen and oxygen atoms in total. The number of hydrogen-bond donors (Lipinski definition) is 2. The Morgan fingerprint density at radius 1 is 0.960 bits per heavy atom. The summed E-state index contributed by atoms with van der Waals surface area (Å²) in [5.74, 6) is -0.608. The van der Waals surface area contributed by atoms with Crippen molar-refractivity contribution in [2.24, 2.45) is 0 Å². The summed E-state index contributed by atoms with van der Waals surface area (Å²) in [6.07, 6.45) is 3.55. The molecule has 3 rings (SSSR count). The molecule has 25 heavy (non-hydrogen) atoms. The molecule has 0 fully saturated rings. The summed E-state index contributed by atoms with van der Waals surface area (Å²) < 4.78 is 4.98. The SMILES string of the molecule is O=C(NCCc1ccccc1)c1cccc(C(=O)Nc2ncco2)c1. The Balaban J connectivity index is 1.58. The number of nitrogens with one attached hydrogen (secondary N) is 2. The largest absolute Gasteiger partial charge is 0.432 e. The first-order chi connectivity index (χ1) is 12.2.